The summed E-state index contributed by atoms with van der Waals surface area (Å²) in [4.78, 5) is 21.3. The first kappa shape index (κ1) is 14.6. The van der Waals surface area contributed by atoms with Gasteiger partial charge in [-0.15, -0.1) is 0 Å². The number of benzene rings is 1. The van der Waals surface area contributed by atoms with Crippen molar-refractivity contribution >= 4 is 17.4 Å². The molecule has 0 spiro atoms. The molecule has 1 aromatic carbocycles. The number of hydrogen-bond acceptors (Lipinski definition) is 6. The Morgan fingerprint density at radius 1 is 1.33 bits per heavy atom. The van der Waals surface area contributed by atoms with Crippen LogP contribution in [0, 0.1) is 0 Å². The third kappa shape index (κ3) is 3.82. The van der Waals surface area contributed by atoms with Crippen LogP contribution in [-0.2, 0) is 11.3 Å². The molecule has 2 aromatic rings. The smallest absolute Gasteiger partial charge is 0.237 e. The minimum Gasteiger partial charge on any atom is -0.480 e. The summed E-state index contributed by atoms with van der Waals surface area (Å²) in [7, 11) is 1.50. The minimum absolute atomic E-state index is 0.0101. The van der Waals surface area contributed by atoms with Gasteiger partial charge in [-0.1, -0.05) is 18.2 Å². The Labute approximate surface area is 122 Å². The second kappa shape index (κ2) is 6.56. The molecule has 21 heavy (non-hydrogen) atoms. The van der Waals surface area contributed by atoms with E-state index in [0.29, 0.717) is 23.9 Å². The first-order valence-electron chi connectivity index (χ1n) is 6.33. The zero-order chi connectivity index (χ0) is 15.2. The van der Waals surface area contributed by atoms with E-state index < -0.39 is 5.91 Å². The van der Waals surface area contributed by atoms with Gasteiger partial charge in [0.2, 0.25) is 11.8 Å². The zero-order valence-electron chi connectivity index (χ0n) is 11.7. The quantitative estimate of drug-likeness (QED) is 0.752. The van der Waals surface area contributed by atoms with Crippen LogP contribution in [0.2, 0.25) is 0 Å². The van der Waals surface area contributed by atoms with Crippen LogP contribution in [0.1, 0.15) is 5.56 Å². The Bertz CT molecular complexity index is 632. The van der Waals surface area contributed by atoms with Crippen molar-refractivity contribution in [3.8, 4) is 5.88 Å². The fraction of sp³-hybridized carbons (Fsp3) is 0.214. The molecule has 2 rings (SSSR count). The number of amides is 1. The lowest BCUT2D eigenvalue weighted by atomic mass is 10.1. The van der Waals surface area contributed by atoms with Gasteiger partial charge in [0.05, 0.1) is 26.0 Å². The maximum atomic E-state index is 11.3. The molecule has 0 radical (unpaired) electrons. The molecule has 4 N–H and O–H groups in total. The van der Waals surface area contributed by atoms with Crippen molar-refractivity contribution in [3.05, 3.63) is 42.2 Å². The van der Waals surface area contributed by atoms with Gasteiger partial charge >= 0.3 is 0 Å². The molecule has 0 atom stereocenters. The van der Waals surface area contributed by atoms with Crippen LogP contribution in [0.15, 0.2) is 36.7 Å². The second-order valence-corrected chi connectivity index (χ2v) is 4.44. The number of ether oxygens (including phenoxy) is 1. The van der Waals surface area contributed by atoms with Gasteiger partial charge in [0.25, 0.3) is 0 Å². The highest BCUT2D eigenvalue weighted by Gasteiger charge is 2.14. The molecule has 0 unspecified atom stereocenters. The van der Waals surface area contributed by atoms with E-state index in [9.17, 15) is 4.79 Å². The van der Waals surface area contributed by atoms with Crippen LogP contribution < -0.4 is 21.1 Å². The molecule has 7 nitrogen and oxygen atoms in total. The monoisotopic (exact) mass is 287 g/mol. The van der Waals surface area contributed by atoms with Gasteiger partial charge in [-0.2, -0.15) is 4.98 Å². The number of hydrogen-bond donors (Lipinski definition) is 2. The zero-order valence-corrected chi connectivity index (χ0v) is 11.7. The molecule has 1 amide bonds. The summed E-state index contributed by atoms with van der Waals surface area (Å²) in [6.07, 6.45) is 3.04. The van der Waals surface area contributed by atoms with Crippen molar-refractivity contribution in [1.29, 1.82) is 0 Å². The van der Waals surface area contributed by atoms with Gasteiger partial charge in [-0.3, -0.25) is 9.78 Å². The van der Waals surface area contributed by atoms with Gasteiger partial charge in [-0.05, 0) is 11.6 Å². The Balaban J connectivity index is 2.29. The fourth-order valence-corrected chi connectivity index (χ4v) is 1.88. The number of nitrogens with zero attached hydrogens (tertiary/aromatic N) is 3. The lowest BCUT2D eigenvalue weighted by molar-refractivity contribution is -0.116. The Morgan fingerprint density at radius 3 is 2.76 bits per heavy atom. The highest BCUT2D eigenvalue weighted by Crippen LogP contribution is 2.19. The maximum Gasteiger partial charge on any atom is 0.237 e. The van der Waals surface area contributed by atoms with Gasteiger partial charge in [0.1, 0.15) is 0 Å². The molecule has 0 saturated heterocycles. The molecule has 0 aliphatic heterocycles. The van der Waals surface area contributed by atoms with Gasteiger partial charge < -0.3 is 21.1 Å². The van der Waals surface area contributed by atoms with Crippen LogP contribution in [0.5, 0.6) is 5.88 Å². The van der Waals surface area contributed by atoms with E-state index in [2.05, 4.69) is 9.97 Å². The number of nitrogen functional groups attached to an aromatic ring is 1. The van der Waals surface area contributed by atoms with E-state index in [4.69, 9.17) is 16.2 Å². The number of carbonyl (C=O) groups excluding carboxylic acids is 1. The molecule has 0 fully saturated rings. The summed E-state index contributed by atoms with van der Waals surface area (Å²) in [5, 5.41) is 0. The Kier molecular flexibility index (Phi) is 4.55. The van der Waals surface area contributed by atoms with E-state index >= 15 is 0 Å². The third-order valence-corrected chi connectivity index (χ3v) is 2.90. The summed E-state index contributed by atoms with van der Waals surface area (Å²) in [6.45, 7) is 0.410. The fourth-order valence-electron chi connectivity index (χ4n) is 1.88. The molecule has 0 saturated carbocycles. The van der Waals surface area contributed by atoms with E-state index in [1.54, 1.807) is 17.2 Å². The first-order valence-corrected chi connectivity index (χ1v) is 6.33. The van der Waals surface area contributed by atoms with Crippen LogP contribution in [0.25, 0.3) is 0 Å². The number of methoxy groups -OCH3 is 1. The average Bonchev–Trinajstić information content (AvgIpc) is 2.48. The minimum atomic E-state index is -0.464. The number of para-hydroxylation sites is 1. The Morgan fingerprint density at radius 2 is 2.10 bits per heavy atom. The molecule has 0 bridgehead atoms. The summed E-state index contributed by atoms with van der Waals surface area (Å²) >= 11 is 0. The van der Waals surface area contributed by atoms with Crippen LogP contribution in [0.4, 0.5) is 11.5 Å². The topological polar surface area (TPSA) is 107 Å². The van der Waals surface area contributed by atoms with E-state index in [1.807, 2.05) is 18.2 Å². The number of aromatic nitrogens is 2. The molecule has 7 heteroatoms. The molecule has 110 valence electrons. The lowest BCUT2D eigenvalue weighted by Gasteiger charge is -2.22. The summed E-state index contributed by atoms with van der Waals surface area (Å²) in [5.41, 5.74) is 12.8. The first-order chi connectivity index (χ1) is 10.1. The van der Waals surface area contributed by atoms with E-state index in [-0.39, 0.29) is 6.54 Å². The van der Waals surface area contributed by atoms with Crippen molar-refractivity contribution in [2.45, 2.75) is 6.54 Å². The summed E-state index contributed by atoms with van der Waals surface area (Å²) in [6, 6.07) is 7.42. The van der Waals surface area contributed by atoms with Gasteiger partial charge in [-0.25, -0.2) is 0 Å². The highest BCUT2D eigenvalue weighted by atomic mass is 16.5. The largest absolute Gasteiger partial charge is 0.480 e. The van der Waals surface area contributed by atoms with Crippen molar-refractivity contribution in [1.82, 2.24) is 9.97 Å². The number of primary amides is 1. The van der Waals surface area contributed by atoms with Crippen molar-refractivity contribution in [3.63, 3.8) is 0 Å². The van der Waals surface area contributed by atoms with Crippen LogP contribution in [-0.4, -0.2) is 29.5 Å². The normalized spacial score (nSPS) is 10.1. The Hall–Kier alpha value is -2.83. The molecule has 1 aromatic heterocycles. The number of anilines is 2. The number of carbonyl (C=O) groups is 1. The van der Waals surface area contributed by atoms with Crippen molar-refractivity contribution < 1.29 is 9.53 Å². The molecule has 0 aliphatic carbocycles. The van der Waals surface area contributed by atoms with Gasteiger partial charge in [0, 0.05) is 12.2 Å². The molecular weight excluding hydrogens is 270 g/mol. The SMILES string of the molecule is COc1cncc(N(CC(N)=O)Cc2ccccc2N)n1. The summed E-state index contributed by atoms with van der Waals surface area (Å²) < 4.78 is 5.04. The lowest BCUT2D eigenvalue weighted by Crippen LogP contribution is -2.34. The predicted octanol–water partition coefficient (Wildman–Crippen LogP) is 0.559. The van der Waals surface area contributed by atoms with Crippen molar-refractivity contribution in [2.75, 3.05) is 24.3 Å². The maximum absolute atomic E-state index is 11.3. The van der Waals surface area contributed by atoms with E-state index in [0.717, 1.165) is 5.56 Å². The average molecular weight is 287 g/mol. The van der Waals surface area contributed by atoms with Crippen LogP contribution in [0.3, 0.4) is 0 Å². The number of rotatable bonds is 6. The molecular formula is C14H17N5O2. The van der Waals surface area contributed by atoms with Crippen molar-refractivity contribution in [2.24, 2.45) is 5.73 Å². The van der Waals surface area contributed by atoms with Gasteiger partial charge in [0.15, 0.2) is 5.82 Å². The van der Waals surface area contributed by atoms with E-state index in [1.165, 1.54) is 13.3 Å². The predicted molar refractivity (Wildman–Crippen MR) is 79.7 cm³/mol. The molecule has 1 heterocycles. The molecule has 0 aliphatic rings. The summed E-state index contributed by atoms with van der Waals surface area (Å²) in [5.74, 6) is 0.397. The highest BCUT2D eigenvalue weighted by molar-refractivity contribution is 5.79. The number of nitrogens with two attached hydrogens (primary N) is 2. The van der Waals surface area contributed by atoms with Crippen LogP contribution >= 0.6 is 0 Å². The second-order valence-electron chi connectivity index (χ2n) is 4.44. The third-order valence-electron chi connectivity index (χ3n) is 2.90. The standard InChI is InChI=1S/C14H17N5O2/c1-21-14-7-17-6-13(18-14)19(9-12(16)20)8-10-4-2-3-5-11(10)15/h2-7H,8-9,15H2,1H3,(H2,16,20).